The molecule has 2 nitrogen and oxygen atoms in total. The van der Waals surface area contributed by atoms with E-state index in [1.54, 1.807) is 6.07 Å². The third-order valence-electron chi connectivity index (χ3n) is 3.03. The van der Waals surface area contributed by atoms with E-state index >= 15 is 0 Å². The van der Waals surface area contributed by atoms with Gasteiger partial charge in [-0.05, 0) is 44.0 Å². The molecule has 1 unspecified atom stereocenters. The average molecular weight is 226 g/mol. The summed E-state index contributed by atoms with van der Waals surface area (Å²) in [7, 11) is 0. The van der Waals surface area contributed by atoms with Crippen LogP contribution >= 0.6 is 0 Å². The molecule has 1 atom stereocenters. The van der Waals surface area contributed by atoms with E-state index in [1.165, 1.54) is 18.5 Å². The van der Waals surface area contributed by atoms with Gasteiger partial charge in [-0.25, -0.2) is 8.78 Å². The summed E-state index contributed by atoms with van der Waals surface area (Å²) in [4.78, 5) is 3.75. The van der Waals surface area contributed by atoms with Crippen molar-refractivity contribution in [3.63, 3.8) is 0 Å². The summed E-state index contributed by atoms with van der Waals surface area (Å²) in [5, 5.41) is 3.16. The molecule has 0 aromatic carbocycles. The third-order valence-corrected chi connectivity index (χ3v) is 3.03. The summed E-state index contributed by atoms with van der Waals surface area (Å²) in [6.07, 6.45) is 4.58. The van der Waals surface area contributed by atoms with Crippen LogP contribution in [0, 0.1) is 5.92 Å². The van der Waals surface area contributed by atoms with E-state index in [0.29, 0.717) is 6.54 Å². The molecule has 16 heavy (non-hydrogen) atoms. The molecule has 1 saturated heterocycles. The fraction of sp³-hybridized carbons (Fsp3) is 0.583. The van der Waals surface area contributed by atoms with Gasteiger partial charge in [0.25, 0.3) is 5.92 Å². The Bertz CT molecular complexity index is 321. The van der Waals surface area contributed by atoms with Crippen molar-refractivity contribution in [3.8, 4) is 0 Å². The van der Waals surface area contributed by atoms with Gasteiger partial charge in [0, 0.05) is 24.4 Å². The second kappa shape index (κ2) is 4.87. The van der Waals surface area contributed by atoms with Crippen molar-refractivity contribution in [2.24, 2.45) is 5.92 Å². The Morgan fingerprint density at radius 3 is 3.00 bits per heavy atom. The largest absolute Gasteiger partial charge is 0.316 e. The van der Waals surface area contributed by atoms with Gasteiger partial charge in [-0.15, -0.1) is 0 Å². The van der Waals surface area contributed by atoms with Gasteiger partial charge in [-0.2, -0.15) is 0 Å². The first-order valence-corrected chi connectivity index (χ1v) is 5.67. The van der Waals surface area contributed by atoms with Crippen LogP contribution in [-0.2, 0) is 5.92 Å². The topological polar surface area (TPSA) is 24.9 Å². The highest BCUT2D eigenvalue weighted by atomic mass is 19.3. The van der Waals surface area contributed by atoms with Crippen LogP contribution in [0.2, 0.25) is 0 Å². The maximum absolute atomic E-state index is 13.9. The third kappa shape index (κ3) is 2.76. The lowest BCUT2D eigenvalue weighted by Gasteiger charge is -2.27. The van der Waals surface area contributed by atoms with E-state index < -0.39 is 5.92 Å². The number of pyridine rings is 1. The first kappa shape index (κ1) is 11.5. The summed E-state index contributed by atoms with van der Waals surface area (Å²) >= 11 is 0. The van der Waals surface area contributed by atoms with Crippen LogP contribution in [0.15, 0.2) is 24.5 Å². The second-order valence-corrected chi connectivity index (χ2v) is 4.36. The molecule has 0 amide bonds. The van der Waals surface area contributed by atoms with Crippen molar-refractivity contribution < 1.29 is 8.78 Å². The Kier molecular flexibility index (Phi) is 3.49. The van der Waals surface area contributed by atoms with E-state index in [9.17, 15) is 8.78 Å². The zero-order chi connectivity index (χ0) is 11.4. The summed E-state index contributed by atoms with van der Waals surface area (Å²) < 4.78 is 27.7. The summed E-state index contributed by atoms with van der Waals surface area (Å²) in [5.74, 6) is -2.68. The van der Waals surface area contributed by atoms with E-state index in [0.717, 1.165) is 19.4 Å². The molecule has 4 heteroatoms. The Morgan fingerprint density at radius 1 is 1.50 bits per heavy atom. The number of alkyl halides is 2. The highest BCUT2D eigenvalue weighted by Gasteiger charge is 2.35. The number of nitrogens with one attached hydrogen (secondary N) is 1. The lowest BCUT2D eigenvalue weighted by molar-refractivity contribution is -0.0320. The summed E-state index contributed by atoms with van der Waals surface area (Å²) in [6.45, 7) is 1.66. The Labute approximate surface area is 94.1 Å². The molecule has 0 saturated carbocycles. The van der Waals surface area contributed by atoms with Crippen molar-refractivity contribution in [2.45, 2.75) is 25.2 Å². The lowest BCUT2D eigenvalue weighted by atomic mass is 9.91. The Morgan fingerprint density at radius 2 is 2.38 bits per heavy atom. The van der Waals surface area contributed by atoms with E-state index in [2.05, 4.69) is 10.3 Å². The average Bonchev–Trinajstić information content (AvgIpc) is 2.31. The molecule has 0 bridgehead atoms. The number of hydrogen-bond donors (Lipinski definition) is 1. The van der Waals surface area contributed by atoms with Gasteiger partial charge in [0.05, 0.1) is 0 Å². The summed E-state index contributed by atoms with van der Waals surface area (Å²) in [5.41, 5.74) is 0.0283. The zero-order valence-electron chi connectivity index (χ0n) is 9.13. The highest BCUT2D eigenvalue weighted by molar-refractivity contribution is 5.15. The molecule has 0 aliphatic carbocycles. The van der Waals surface area contributed by atoms with Gasteiger partial charge in [-0.3, -0.25) is 4.98 Å². The van der Waals surface area contributed by atoms with Crippen LogP contribution in [0.5, 0.6) is 0 Å². The molecule has 1 aromatic heterocycles. The fourth-order valence-corrected chi connectivity index (χ4v) is 2.16. The van der Waals surface area contributed by atoms with Gasteiger partial charge < -0.3 is 5.32 Å². The van der Waals surface area contributed by atoms with E-state index in [4.69, 9.17) is 0 Å². The van der Waals surface area contributed by atoms with Gasteiger partial charge in [0.15, 0.2) is 0 Å². The minimum absolute atomic E-state index is 0.0283. The molecule has 0 radical (unpaired) electrons. The monoisotopic (exact) mass is 226 g/mol. The molecule has 2 rings (SSSR count). The van der Waals surface area contributed by atoms with Crippen LogP contribution in [0.25, 0.3) is 0 Å². The first-order valence-electron chi connectivity index (χ1n) is 5.67. The fourth-order valence-electron chi connectivity index (χ4n) is 2.16. The molecule has 1 N–H and O–H groups in total. The number of nitrogens with zero attached hydrogens (tertiary/aromatic N) is 1. The Hall–Kier alpha value is -1.03. The maximum atomic E-state index is 13.9. The second-order valence-electron chi connectivity index (χ2n) is 4.36. The van der Waals surface area contributed by atoms with Crippen molar-refractivity contribution in [1.29, 1.82) is 0 Å². The van der Waals surface area contributed by atoms with E-state index in [1.807, 2.05) is 0 Å². The van der Waals surface area contributed by atoms with E-state index in [-0.39, 0.29) is 17.9 Å². The molecule has 1 aromatic rings. The molecule has 1 fully saturated rings. The lowest BCUT2D eigenvalue weighted by Crippen LogP contribution is -2.33. The maximum Gasteiger partial charge on any atom is 0.275 e. The van der Waals surface area contributed by atoms with Crippen molar-refractivity contribution >= 4 is 0 Å². The molecule has 1 aliphatic heterocycles. The highest BCUT2D eigenvalue weighted by Crippen LogP contribution is 2.35. The molecule has 2 heterocycles. The number of hydrogen-bond acceptors (Lipinski definition) is 2. The molecule has 1 aliphatic rings. The Balaban J connectivity index is 2.01. The zero-order valence-corrected chi connectivity index (χ0v) is 9.13. The SMILES string of the molecule is FC(F)(CC1CCCNC1)c1cccnc1. The van der Waals surface area contributed by atoms with Crippen molar-refractivity contribution in [3.05, 3.63) is 30.1 Å². The standard InChI is InChI=1S/C12H16F2N2/c13-12(14,11-4-2-6-16-9-11)7-10-3-1-5-15-8-10/h2,4,6,9-10,15H,1,3,5,7-8H2. The van der Waals surface area contributed by atoms with Gasteiger partial charge in [-0.1, -0.05) is 0 Å². The summed E-state index contributed by atoms with van der Waals surface area (Å²) in [6, 6.07) is 3.01. The smallest absolute Gasteiger partial charge is 0.275 e. The quantitative estimate of drug-likeness (QED) is 0.856. The first-order chi connectivity index (χ1) is 7.68. The predicted molar refractivity (Wildman–Crippen MR) is 58.3 cm³/mol. The van der Waals surface area contributed by atoms with Crippen LogP contribution < -0.4 is 5.32 Å². The van der Waals surface area contributed by atoms with Crippen LogP contribution in [0.3, 0.4) is 0 Å². The van der Waals surface area contributed by atoms with Crippen LogP contribution in [-0.4, -0.2) is 18.1 Å². The number of piperidine rings is 1. The predicted octanol–water partition coefficient (Wildman–Crippen LogP) is 2.56. The van der Waals surface area contributed by atoms with Gasteiger partial charge in [0.1, 0.15) is 0 Å². The number of aromatic nitrogens is 1. The normalized spacial score (nSPS) is 22.0. The van der Waals surface area contributed by atoms with Gasteiger partial charge in [0.2, 0.25) is 0 Å². The van der Waals surface area contributed by atoms with Crippen molar-refractivity contribution in [1.82, 2.24) is 10.3 Å². The van der Waals surface area contributed by atoms with Crippen LogP contribution in [0.1, 0.15) is 24.8 Å². The molecular weight excluding hydrogens is 210 g/mol. The minimum atomic E-state index is -2.75. The molecular formula is C12H16F2N2. The minimum Gasteiger partial charge on any atom is -0.316 e. The van der Waals surface area contributed by atoms with Crippen molar-refractivity contribution in [2.75, 3.05) is 13.1 Å². The number of halogens is 2. The number of rotatable bonds is 3. The van der Waals surface area contributed by atoms with Crippen LogP contribution in [0.4, 0.5) is 8.78 Å². The molecule has 88 valence electrons. The molecule has 0 spiro atoms. The van der Waals surface area contributed by atoms with Gasteiger partial charge >= 0.3 is 0 Å².